The van der Waals surface area contributed by atoms with Crippen LogP contribution >= 0.6 is 0 Å². The summed E-state index contributed by atoms with van der Waals surface area (Å²) in [5.41, 5.74) is 3.89. The summed E-state index contributed by atoms with van der Waals surface area (Å²) >= 11 is 0. The fourth-order valence-electron chi connectivity index (χ4n) is 12.9. The smallest absolute Gasteiger partial charge is 0.343 e. The normalized spacial score (nSPS) is 21.5. The quantitative estimate of drug-likeness (QED) is 0.00957. The average Bonchev–Trinajstić information content (AvgIpc) is 1.62. The highest BCUT2D eigenvalue weighted by molar-refractivity contribution is 6.13. The van der Waals surface area contributed by atoms with Gasteiger partial charge in [-0.05, 0) is 87.6 Å². The molecule has 10 amide bonds. The molecule has 32 heteroatoms. The summed E-state index contributed by atoms with van der Waals surface area (Å²) in [6.45, 7) is 3.02. The Morgan fingerprint density at radius 1 is 0.838 bits per heavy atom. The van der Waals surface area contributed by atoms with Gasteiger partial charge in [-0.1, -0.05) is 43.7 Å². The van der Waals surface area contributed by atoms with Crippen molar-refractivity contribution in [2.75, 3.05) is 46.1 Å². The molecule has 0 bridgehead atoms. The molecule has 5 aliphatic rings. The number of nitrogens with two attached hydrogens (primary N) is 1. The van der Waals surface area contributed by atoms with E-state index in [0.29, 0.717) is 75.8 Å². The number of rotatable bonds is 31. The van der Waals surface area contributed by atoms with Gasteiger partial charge in [0.25, 0.3) is 17.4 Å². The number of amides is 10. The van der Waals surface area contributed by atoms with Crippen molar-refractivity contribution in [1.82, 2.24) is 51.7 Å². The minimum Gasteiger partial charge on any atom is -0.458 e. The molecule has 6 heterocycles. The summed E-state index contributed by atoms with van der Waals surface area (Å²) in [7, 11) is 0. The highest BCUT2D eigenvalue weighted by atomic mass is 19.1. The van der Waals surface area contributed by atoms with Crippen molar-refractivity contribution in [3.8, 4) is 11.4 Å². The Morgan fingerprint density at radius 3 is 2.24 bits per heavy atom. The van der Waals surface area contributed by atoms with E-state index in [2.05, 4.69) is 37.2 Å². The zero-order valence-corrected chi connectivity index (χ0v) is 55.0. The van der Waals surface area contributed by atoms with Gasteiger partial charge in [0.1, 0.15) is 61.3 Å². The summed E-state index contributed by atoms with van der Waals surface area (Å²) in [5, 5.41) is 70.4. The van der Waals surface area contributed by atoms with E-state index in [-0.39, 0.29) is 63.1 Å². The van der Waals surface area contributed by atoms with Crippen LogP contribution in [0.3, 0.4) is 0 Å². The highest BCUT2D eigenvalue weighted by Gasteiger charge is 2.48. The van der Waals surface area contributed by atoms with Crippen molar-refractivity contribution in [2.45, 2.75) is 165 Å². The van der Waals surface area contributed by atoms with Crippen LogP contribution in [0.15, 0.2) is 59.4 Å². The molecule has 9 atom stereocenters. The topological polar surface area (TPSA) is 465 Å². The third-order valence-electron chi connectivity index (χ3n) is 18.7. The molecule has 4 aliphatic heterocycles. The molecule has 2 aromatic heterocycles. The number of fused-ring (bicyclic) bond motifs is 5. The van der Waals surface area contributed by atoms with Gasteiger partial charge in [-0.3, -0.25) is 57.6 Å². The molecule has 0 radical (unpaired) electrons. The first-order valence-electron chi connectivity index (χ1n) is 32.6. The van der Waals surface area contributed by atoms with Crippen LogP contribution in [0.25, 0.3) is 22.3 Å². The molecule has 31 nitrogen and oxygen atoms in total. The van der Waals surface area contributed by atoms with Crippen molar-refractivity contribution >= 4 is 75.9 Å². The van der Waals surface area contributed by atoms with Gasteiger partial charge in [0.05, 0.1) is 73.2 Å². The Morgan fingerprint density at radius 2 is 1.55 bits per heavy atom. The Kier molecular flexibility index (Phi) is 23.2. The number of primary amides is 1. The number of aryl methyl sites for hydroxylation is 1. The zero-order valence-electron chi connectivity index (χ0n) is 55.0. The molecule has 1 unspecified atom stereocenters. The predicted octanol–water partition coefficient (Wildman–Crippen LogP) is -2.34. The first kappa shape index (κ1) is 73.8. The van der Waals surface area contributed by atoms with E-state index in [9.17, 15) is 83.1 Å². The van der Waals surface area contributed by atoms with Crippen LogP contribution in [0.5, 0.6) is 0 Å². The molecule has 4 aromatic rings. The minimum absolute atomic E-state index is 0.0253. The molecule has 99 heavy (non-hydrogen) atoms. The number of pyridine rings is 2. The number of aromatic nitrogens is 2. The molecule has 9 rings (SSSR count). The Balaban J connectivity index is 0.784. The van der Waals surface area contributed by atoms with E-state index in [1.54, 1.807) is 64.1 Å². The lowest BCUT2D eigenvalue weighted by Crippen LogP contribution is -2.61. The second kappa shape index (κ2) is 31.2. The maximum Gasteiger partial charge on any atom is 0.343 e. The largest absolute Gasteiger partial charge is 0.458 e. The second-order valence-corrected chi connectivity index (χ2v) is 26.0. The fraction of sp³-hybridized carbons (Fsp3) is 0.507. The van der Waals surface area contributed by atoms with Crippen LogP contribution in [0.2, 0.25) is 0 Å². The standard InChI is InChI=1S/C67H82FN11O20/c1-5-67(96)39-23-44-56-37(29-79(44)61(92)38(39)31-98-64(67)95)55-41(16-15-36-34(2)40(68)24-42(75-56)54(36)55)76-63(94)65(3,4)32-97-33-73-50(84)27-72-60(91)43(22-35-12-8-6-9-13-35)74-51(85)28-71-49(83)25-66(62(69)93,77-48(82)14-10-7-11-21-78-52(86)17-18-53(78)87)20-19-47(81)70-26-45-57(88)59(90)58(89)46(30-80)99-45/h6,8-9,12-13,17-18,23-24,41,43,45-46,57-59,80,88-90,96H,5,7,10-11,14-16,19-22,25-33H2,1-4H3,(H2,69,93)(H,70,81)(H,71,83)(H,72,91)(H,73,84)(H,74,85)(H,76,94)(H,77,82)/t41-,43-,45-,46+,57-,58+,59+,66?,67-/m0/s1. The summed E-state index contributed by atoms with van der Waals surface area (Å²) in [6.07, 6.45) is -6.37. The fourth-order valence-corrected chi connectivity index (χ4v) is 12.9. The molecule has 1 fully saturated rings. The molecule has 1 saturated heterocycles. The van der Waals surface area contributed by atoms with Gasteiger partial charge in [0.15, 0.2) is 5.60 Å². The van der Waals surface area contributed by atoms with Crippen molar-refractivity contribution < 1.29 is 96.9 Å². The van der Waals surface area contributed by atoms with Crippen LogP contribution in [-0.4, -0.2) is 193 Å². The van der Waals surface area contributed by atoms with Crippen LogP contribution < -0.4 is 48.5 Å². The maximum atomic E-state index is 15.6. The third kappa shape index (κ3) is 16.3. The van der Waals surface area contributed by atoms with Gasteiger partial charge in [-0.15, -0.1) is 0 Å². The average molecular weight is 1380 g/mol. The summed E-state index contributed by atoms with van der Waals surface area (Å²) in [6, 6.07) is 9.30. The number of halogens is 1. The van der Waals surface area contributed by atoms with Crippen molar-refractivity contribution in [3.05, 3.63) is 110 Å². The number of unbranched alkanes of at least 4 members (excludes halogenated alkanes) is 2. The molecule has 1 aliphatic carbocycles. The number of ether oxygens (including phenoxy) is 3. The number of nitrogens with one attached hydrogen (secondary N) is 7. The number of esters is 1. The van der Waals surface area contributed by atoms with Crippen molar-refractivity contribution in [3.63, 3.8) is 0 Å². The van der Waals surface area contributed by atoms with E-state index in [0.717, 1.165) is 17.1 Å². The number of cyclic esters (lactones) is 1. The lowest BCUT2D eigenvalue weighted by atomic mass is 9.81. The number of nitrogens with zero attached hydrogens (tertiary/aromatic N) is 3. The number of carbonyl (C=O) groups is 11. The SMILES string of the molecule is CC[C@@]1(O)C(=O)OCc2c1cc1n(c2=O)Cc2c-1nc1cc(F)c(C)c3c1c2[C@@H](NC(=O)C(C)(C)COCNC(=O)CNC(=O)[C@H](Cc1ccccc1)NC(=O)CNC(=O)CC(CCC(=O)NC[C@@H]1O[C@H](CO)[C@@H](O)[C@H](O)[C@H]1O)(NC(=O)CCCCCN1C(=O)C=CC1=O)C(N)=O)CC3. The summed E-state index contributed by atoms with van der Waals surface area (Å²) < 4.78 is 33.5. The van der Waals surface area contributed by atoms with Gasteiger partial charge in [-0.25, -0.2) is 14.2 Å². The van der Waals surface area contributed by atoms with Gasteiger partial charge >= 0.3 is 5.97 Å². The molecule has 0 saturated carbocycles. The number of aliphatic hydroxyl groups is 5. The molecule has 14 N–H and O–H groups in total. The second-order valence-electron chi connectivity index (χ2n) is 26.0. The molecular weight excluding hydrogens is 1300 g/mol. The predicted molar refractivity (Wildman–Crippen MR) is 344 cm³/mol. The van der Waals surface area contributed by atoms with E-state index in [1.807, 2.05) is 0 Å². The number of aliphatic hydroxyl groups excluding tert-OH is 4. The lowest BCUT2D eigenvalue weighted by Gasteiger charge is -2.40. The van der Waals surface area contributed by atoms with E-state index in [1.165, 1.54) is 10.6 Å². The lowest BCUT2D eigenvalue weighted by molar-refractivity contribution is -0.227. The summed E-state index contributed by atoms with van der Waals surface area (Å²) in [4.78, 5) is 165. The van der Waals surface area contributed by atoms with Crippen LogP contribution in [-0.2, 0) is 98.5 Å². The number of benzene rings is 2. The Bertz CT molecular complexity index is 3940. The number of hydrogen-bond donors (Lipinski definition) is 13. The first-order chi connectivity index (χ1) is 47.0. The number of imide groups is 1. The van der Waals surface area contributed by atoms with Crippen LogP contribution in [0.4, 0.5) is 4.39 Å². The van der Waals surface area contributed by atoms with Crippen LogP contribution in [0.1, 0.15) is 124 Å². The van der Waals surface area contributed by atoms with Crippen LogP contribution in [0, 0.1) is 18.2 Å². The van der Waals surface area contributed by atoms with Crippen molar-refractivity contribution in [1.29, 1.82) is 0 Å². The molecule has 0 spiro atoms. The number of hydrogen-bond acceptors (Lipinski definition) is 21. The van der Waals surface area contributed by atoms with Gasteiger partial charge < -0.3 is 87.3 Å². The van der Waals surface area contributed by atoms with Crippen molar-refractivity contribution in [2.24, 2.45) is 11.1 Å². The Labute approximate surface area is 566 Å². The third-order valence-corrected chi connectivity index (χ3v) is 18.7. The van der Waals surface area contributed by atoms with E-state index in [4.69, 9.17) is 24.9 Å². The van der Waals surface area contributed by atoms with Gasteiger partial charge in [0.2, 0.25) is 47.3 Å². The molecule has 532 valence electrons. The first-order valence-corrected chi connectivity index (χ1v) is 32.6. The number of carbonyl (C=O) groups excluding carboxylic acids is 11. The maximum absolute atomic E-state index is 15.6. The summed E-state index contributed by atoms with van der Waals surface area (Å²) in [5.74, 6) is -9.13. The van der Waals surface area contributed by atoms with E-state index < -0.39 is 188 Å². The van der Waals surface area contributed by atoms with E-state index >= 15 is 4.39 Å². The minimum atomic E-state index is -2.28. The van der Waals surface area contributed by atoms with Gasteiger partial charge in [0, 0.05) is 67.1 Å². The highest BCUT2D eigenvalue weighted by Crippen LogP contribution is 2.46. The molecular formula is C67H82FN11O20. The van der Waals surface area contributed by atoms with Gasteiger partial charge in [-0.2, -0.15) is 0 Å². The monoisotopic (exact) mass is 1380 g/mol. The molecule has 2 aromatic carbocycles. The Hall–Kier alpha value is -9.44. The zero-order chi connectivity index (χ0) is 71.8.